The highest BCUT2D eigenvalue weighted by Crippen LogP contribution is 2.31. The van der Waals surface area contributed by atoms with E-state index in [1.165, 1.54) is 0 Å². The molecule has 2 aliphatic heterocycles. The number of rotatable bonds is 8. The van der Waals surface area contributed by atoms with Crippen LogP contribution in [0.25, 0.3) is 46.4 Å². The van der Waals surface area contributed by atoms with E-state index in [1.807, 2.05) is 76.2 Å². The van der Waals surface area contributed by atoms with Crippen LogP contribution in [0.5, 0.6) is 0 Å². The number of aromatic amines is 2. The normalized spacial score (nSPS) is 11.8. The first-order valence-corrected chi connectivity index (χ1v) is 19.6. The summed E-state index contributed by atoms with van der Waals surface area (Å²) in [6.45, 7) is 7.81. The molecule has 0 fully saturated rings. The summed E-state index contributed by atoms with van der Waals surface area (Å²) < 4.78 is 0. The summed E-state index contributed by atoms with van der Waals surface area (Å²) in [5.41, 5.74) is 9.84. The number of ketones is 4. The van der Waals surface area contributed by atoms with Gasteiger partial charge in [-0.25, -0.2) is 9.97 Å². The van der Waals surface area contributed by atoms with E-state index >= 15 is 0 Å². The van der Waals surface area contributed by atoms with Gasteiger partial charge in [-0.2, -0.15) is 0 Å². The number of aromatic nitrogens is 4. The highest BCUT2D eigenvalue weighted by atomic mass is 16.1. The van der Waals surface area contributed by atoms with Crippen LogP contribution in [0.3, 0.4) is 0 Å². The molecule has 0 saturated carbocycles. The zero-order valence-electron chi connectivity index (χ0n) is 33.4. The van der Waals surface area contributed by atoms with Crippen molar-refractivity contribution in [2.24, 2.45) is 0 Å². The van der Waals surface area contributed by atoms with Gasteiger partial charge in [0.05, 0.1) is 67.1 Å². The molecule has 0 saturated heterocycles. The van der Waals surface area contributed by atoms with Gasteiger partial charge in [-0.1, -0.05) is 119 Å². The number of fused-ring (bicyclic) bond motifs is 8. The molecule has 60 heavy (non-hydrogen) atoms. The first-order chi connectivity index (χ1) is 29.0. The van der Waals surface area contributed by atoms with E-state index in [9.17, 15) is 19.2 Å². The molecule has 0 atom stereocenters. The third-order valence-corrected chi connectivity index (χ3v) is 10.9. The van der Waals surface area contributed by atoms with E-state index < -0.39 is 0 Å². The molecule has 9 rings (SSSR count). The maximum absolute atomic E-state index is 14.6. The number of nitrogens with zero attached hydrogens (tertiary/aromatic N) is 2. The predicted molar refractivity (Wildman–Crippen MR) is 237 cm³/mol. The van der Waals surface area contributed by atoms with Gasteiger partial charge in [-0.15, -0.1) is 0 Å². The summed E-state index contributed by atoms with van der Waals surface area (Å²) in [5.74, 6) is -1.18. The number of hydrogen-bond donors (Lipinski definition) is 2. The summed E-state index contributed by atoms with van der Waals surface area (Å²) >= 11 is 0. The Hall–Kier alpha value is -7.84. The van der Waals surface area contributed by atoms with Crippen LogP contribution in [0.1, 0.15) is 109 Å². The first-order valence-electron chi connectivity index (χ1n) is 19.6. The fourth-order valence-electron chi connectivity index (χ4n) is 7.56. The second-order valence-corrected chi connectivity index (χ2v) is 15.3. The summed E-state index contributed by atoms with van der Waals surface area (Å²) in [4.78, 5) is 75.4. The summed E-state index contributed by atoms with van der Waals surface area (Å²) in [6, 6.07) is 36.2. The molecule has 0 amide bonds. The lowest BCUT2D eigenvalue weighted by Gasteiger charge is -2.06. The van der Waals surface area contributed by atoms with Crippen molar-refractivity contribution in [2.45, 2.75) is 27.7 Å². The quantitative estimate of drug-likeness (QED) is 0.148. The Bertz CT molecular complexity index is 2740. The highest BCUT2D eigenvalue weighted by Gasteiger charge is 2.26. The Labute approximate surface area is 346 Å². The second-order valence-electron chi connectivity index (χ2n) is 15.3. The van der Waals surface area contributed by atoms with Crippen LogP contribution >= 0.6 is 0 Å². The standard InChI is InChI=1S/C52H38N4O4/c1-29-5-13-33(14-6-29)49(57)45-37-21-23-39(53-37)46(50(58)34-15-7-30(2)8-16-34)41-25-27-43(55-41)48(52(60)36-19-11-32(4)12-20-36)44-28-26-42(56-44)47(40-24-22-38(45)54-40)51(59)35-17-9-31(3)10-18-35/h5-28,53,56H,1-4H3. The SMILES string of the molecule is Cc1ccc(C(=O)c2c3nc(c(C(=O)c4ccc(C)cc4)c4ccc([nH]4)c(C(=O)c4ccc(C)cc4)c4nc(c(C(=O)c5ccc(C)cc5)c5ccc2[nH]5)C=C4)C=C3)cc1. The molecule has 3 aromatic heterocycles. The fraction of sp³-hybridized carbons (Fsp3) is 0.0769. The van der Waals surface area contributed by atoms with Crippen molar-refractivity contribution in [3.63, 3.8) is 0 Å². The van der Waals surface area contributed by atoms with Gasteiger partial charge in [0.2, 0.25) is 0 Å². The third-order valence-electron chi connectivity index (χ3n) is 10.9. The van der Waals surface area contributed by atoms with E-state index in [0.717, 1.165) is 22.3 Å². The molecule has 0 spiro atoms. The summed E-state index contributed by atoms with van der Waals surface area (Å²) in [5, 5.41) is 0. The van der Waals surface area contributed by atoms with Crippen molar-refractivity contribution in [1.82, 2.24) is 19.9 Å². The van der Waals surface area contributed by atoms with Crippen LogP contribution < -0.4 is 0 Å². The van der Waals surface area contributed by atoms with E-state index in [0.29, 0.717) is 67.1 Å². The molecule has 0 radical (unpaired) electrons. The van der Waals surface area contributed by atoms with Crippen LogP contribution in [0.15, 0.2) is 121 Å². The minimum absolute atomic E-state index is 0.260. The Kier molecular flexibility index (Phi) is 9.53. The largest absolute Gasteiger partial charge is 0.354 e. The number of benzene rings is 4. The summed E-state index contributed by atoms with van der Waals surface area (Å²) in [7, 11) is 0. The molecular weight excluding hydrogens is 745 g/mol. The number of hydrogen-bond acceptors (Lipinski definition) is 6. The molecule has 8 bridgehead atoms. The molecule has 8 nitrogen and oxygen atoms in total. The lowest BCUT2D eigenvalue weighted by molar-refractivity contribution is 0.103. The lowest BCUT2D eigenvalue weighted by atomic mass is 10.0. The molecule has 2 N–H and O–H groups in total. The van der Waals surface area contributed by atoms with Gasteiger partial charge < -0.3 is 9.97 Å². The average molecular weight is 783 g/mol. The molecule has 7 aromatic rings. The third kappa shape index (κ3) is 6.94. The van der Waals surface area contributed by atoms with Gasteiger partial charge in [-0.05, 0) is 76.3 Å². The van der Waals surface area contributed by atoms with Gasteiger partial charge >= 0.3 is 0 Å². The Morgan fingerprint density at radius 1 is 0.317 bits per heavy atom. The topological polar surface area (TPSA) is 126 Å². The van der Waals surface area contributed by atoms with Crippen molar-refractivity contribution in [3.8, 4) is 0 Å². The Morgan fingerprint density at radius 3 is 0.717 bits per heavy atom. The maximum atomic E-state index is 14.6. The van der Waals surface area contributed by atoms with Crippen molar-refractivity contribution in [2.75, 3.05) is 0 Å². The van der Waals surface area contributed by atoms with Gasteiger partial charge in [0.25, 0.3) is 0 Å². The Morgan fingerprint density at radius 2 is 0.517 bits per heavy atom. The van der Waals surface area contributed by atoms with Crippen molar-refractivity contribution < 1.29 is 19.2 Å². The zero-order chi connectivity index (χ0) is 41.7. The van der Waals surface area contributed by atoms with Gasteiger partial charge in [0, 0.05) is 22.3 Å². The number of carbonyl (C=O) groups is 4. The fourth-order valence-corrected chi connectivity index (χ4v) is 7.56. The van der Waals surface area contributed by atoms with Crippen LogP contribution in [-0.4, -0.2) is 43.1 Å². The lowest BCUT2D eigenvalue weighted by Crippen LogP contribution is -2.07. The maximum Gasteiger partial charge on any atom is 0.197 e. The number of nitrogens with one attached hydrogen (secondary N) is 2. The van der Waals surface area contributed by atoms with Crippen LogP contribution in [-0.2, 0) is 0 Å². The van der Waals surface area contributed by atoms with Gasteiger partial charge in [-0.3, -0.25) is 19.2 Å². The van der Waals surface area contributed by atoms with Crippen LogP contribution in [0.2, 0.25) is 0 Å². The van der Waals surface area contributed by atoms with E-state index in [2.05, 4.69) is 9.97 Å². The van der Waals surface area contributed by atoms with E-state index in [-0.39, 0.29) is 45.4 Å². The highest BCUT2D eigenvalue weighted by molar-refractivity contribution is 6.20. The van der Waals surface area contributed by atoms with Crippen LogP contribution in [0.4, 0.5) is 0 Å². The minimum atomic E-state index is -0.295. The smallest absolute Gasteiger partial charge is 0.197 e. The monoisotopic (exact) mass is 782 g/mol. The molecule has 5 heterocycles. The van der Waals surface area contributed by atoms with Crippen molar-refractivity contribution in [3.05, 3.63) is 211 Å². The molecule has 0 unspecified atom stereocenters. The van der Waals surface area contributed by atoms with E-state index in [4.69, 9.17) is 9.97 Å². The molecule has 0 aliphatic carbocycles. The molecule has 8 heteroatoms. The van der Waals surface area contributed by atoms with Crippen molar-refractivity contribution in [1.29, 1.82) is 0 Å². The number of H-pyrrole nitrogens is 2. The molecule has 2 aliphatic rings. The number of aryl methyl sites for hydroxylation is 4. The number of carbonyl (C=O) groups excluding carboxylic acids is 4. The first kappa shape index (κ1) is 37.7. The minimum Gasteiger partial charge on any atom is -0.354 e. The zero-order valence-corrected chi connectivity index (χ0v) is 33.4. The van der Waals surface area contributed by atoms with Gasteiger partial charge in [0.15, 0.2) is 23.1 Å². The predicted octanol–water partition coefficient (Wildman–Crippen LogP) is 10.8. The molecule has 4 aromatic carbocycles. The Balaban J connectivity index is 1.42. The van der Waals surface area contributed by atoms with Crippen LogP contribution in [0, 0.1) is 27.7 Å². The second kappa shape index (κ2) is 15.2. The van der Waals surface area contributed by atoms with Gasteiger partial charge in [0.1, 0.15) is 0 Å². The van der Waals surface area contributed by atoms with Crippen molar-refractivity contribution >= 4 is 69.5 Å². The average Bonchev–Trinajstić information content (AvgIpc) is 4.10. The summed E-state index contributed by atoms with van der Waals surface area (Å²) in [6.07, 6.45) is 6.92. The van der Waals surface area contributed by atoms with E-state index in [1.54, 1.807) is 97.1 Å². The molecular formula is C52H38N4O4. The molecule has 290 valence electrons.